The average molecular weight is 260 g/mol. The van der Waals surface area contributed by atoms with Gasteiger partial charge in [0.25, 0.3) is 0 Å². The van der Waals surface area contributed by atoms with E-state index < -0.39 is 10.8 Å². The maximum absolute atomic E-state index is 11.9. The van der Waals surface area contributed by atoms with Crippen LogP contribution in [0.3, 0.4) is 0 Å². The second-order valence-corrected chi connectivity index (χ2v) is 6.25. The number of nitrogens with two attached hydrogens (primary N) is 1. The first-order valence-electron chi connectivity index (χ1n) is 5.44. The first kappa shape index (κ1) is 13.5. The quantitative estimate of drug-likeness (QED) is 0.823. The highest BCUT2D eigenvalue weighted by Gasteiger charge is 2.06. The molecule has 2 nitrogen and oxygen atoms in total. The summed E-state index contributed by atoms with van der Waals surface area (Å²) in [4.78, 5) is 0.767. The predicted octanol–water partition coefficient (Wildman–Crippen LogP) is 3.47. The molecular formula is C12H18ClNOS. The number of hydrogen-bond acceptors (Lipinski definition) is 2. The molecule has 2 N–H and O–H groups in total. The van der Waals surface area contributed by atoms with E-state index in [1.165, 1.54) is 0 Å². The molecule has 0 bridgehead atoms. The number of hydrogen-bond donors (Lipinski definition) is 1. The SMILES string of the molecule is CC(C)CCCS(=O)c1ccc(N)c(Cl)c1. The first-order chi connectivity index (χ1) is 7.50. The second kappa shape index (κ2) is 6.26. The molecule has 0 radical (unpaired) electrons. The zero-order valence-electron chi connectivity index (χ0n) is 9.70. The first-order valence-corrected chi connectivity index (χ1v) is 7.14. The van der Waals surface area contributed by atoms with Crippen LogP contribution < -0.4 is 5.73 Å². The molecule has 0 aliphatic heterocycles. The lowest BCUT2D eigenvalue weighted by Gasteiger charge is -2.06. The summed E-state index contributed by atoms with van der Waals surface area (Å²) in [7, 11) is -0.958. The maximum Gasteiger partial charge on any atom is 0.0647 e. The van der Waals surface area contributed by atoms with Gasteiger partial charge in [-0.3, -0.25) is 4.21 Å². The molecule has 1 atom stereocenters. The summed E-state index contributed by atoms with van der Waals surface area (Å²) in [5.74, 6) is 1.35. The summed E-state index contributed by atoms with van der Waals surface area (Å²) in [6.07, 6.45) is 2.08. The molecule has 16 heavy (non-hydrogen) atoms. The number of benzene rings is 1. The third-order valence-corrected chi connectivity index (χ3v) is 4.11. The van der Waals surface area contributed by atoms with Crippen LogP contribution in [0.25, 0.3) is 0 Å². The molecule has 4 heteroatoms. The van der Waals surface area contributed by atoms with Crippen molar-refractivity contribution in [1.29, 1.82) is 0 Å². The lowest BCUT2D eigenvalue weighted by Crippen LogP contribution is -2.00. The van der Waals surface area contributed by atoms with Gasteiger partial charge < -0.3 is 5.73 Å². The van der Waals surface area contributed by atoms with Crippen molar-refractivity contribution in [3.05, 3.63) is 23.2 Å². The Morgan fingerprint density at radius 3 is 2.69 bits per heavy atom. The molecule has 1 unspecified atom stereocenters. The molecule has 0 aliphatic rings. The van der Waals surface area contributed by atoms with E-state index in [0.29, 0.717) is 22.4 Å². The maximum atomic E-state index is 11.9. The highest BCUT2D eigenvalue weighted by Crippen LogP contribution is 2.22. The van der Waals surface area contributed by atoms with Gasteiger partial charge in [-0.2, -0.15) is 0 Å². The van der Waals surface area contributed by atoms with E-state index in [0.717, 1.165) is 17.7 Å². The molecular weight excluding hydrogens is 242 g/mol. The summed E-state index contributed by atoms with van der Waals surface area (Å²) < 4.78 is 11.9. The summed E-state index contributed by atoms with van der Waals surface area (Å²) in [6, 6.07) is 5.19. The molecule has 1 aromatic rings. The monoisotopic (exact) mass is 259 g/mol. The normalized spacial score (nSPS) is 13.0. The van der Waals surface area contributed by atoms with Gasteiger partial charge in [0.2, 0.25) is 0 Å². The van der Waals surface area contributed by atoms with Gasteiger partial charge in [-0.1, -0.05) is 31.9 Å². The van der Waals surface area contributed by atoms with Gasteiger partial charge in [-0.15, -0.1) is 0 Å². The second-order valence-electron chi connectivity index (χ2n) is 4.27. The molecule has 0 amide bonds. The van der Waals surface area contributed by atoms with Crippen LogP contribution in [0.15, 0.2) is 23.1 Å². The fraction of sp³-hybridized carbons (Fsp3) is 0.500. The predicted molar refractivity (Wildman–Crippen MR) is 71.2 cm³/mol. The smallest absolute Gasteiger partial charge is 0.0647 e. The van der Waals surface area contributed by atoms with Crippen molar-refractivity contribution in [3.8, 4) is 0 Å². The largest absolute Gasteiger partial charge is 0.398 e. The van der Waals surface area contributed by atoms with Crippen molar-refractivity contribution in [2.24, 2.45) is 5.92 Å². The molecule has 0 heterocycles. The van der Waals surface area contributed by atoms with E-state index in [4.69, 9.17) is 17.3 Å². The highest BCUT2D eigenvalue weighted by atomic mass is 35.5. The third-order valence-electron chi connectivity index (χ3n) is 2.35. The van der Waals surface area contributed by atoms with E-state index in [1.54, 1.807) is 18.2 Å². The number of nitrogen functional groups attached to an aromatic ring is 1. The third kappa shape index (κ3) is 4.14. The van der Waals surface area contributed by atoms with E-state index in [-0.39, 0.29) is 0 Å². The van der Waals surface area contributed by atoms with Crippen LogP contribution in [0, 0.1) is 5.92 Å². The number of halogens is 1. The lowest BCUT2D eigenvalue weighted by molar-refractivity contribution is 0.575. The Kier molecular flexibility index (Phi) is 5.29. The number of anilines is 1. The summed E-state index contributed by atoms with van der Waals surface area (Å²) >= 11 is 5.88. The van der Waals surface area contributed by atoms with E-state index in [9.17, 15) is 4.21 Å². The van der Waals surface area contributed by atoms with Gasteiger partial charge >= 0.3 is 0 Å². The van der Waals surface area contributed by atoms with Crippen molar-refractivity contribution in [3.63, 3.8) is 0 Å². The van der Waals surface area contributed by atoms with Crippen molar-refractivity contribution in [2.45, 2.75) is 31.6 Å². The molecule has 0 aliphatic carbocycles. The van der Waals surface area contributed by atoms with Crippen molar-refractivity contribution < 1.29 is 4.21 Å². The molecule has 0 aromatic heterocycles. The molecule has 1 rings (SSSR count). The molecule has 0 fully saturated rings. The zero-order chi connectivity index (χ0) is 12.1. The minimum absolute atomic E-state index is 0.481. The van der Waals surface area contributed by atoms with E-state index in [1.807, 2.05) is 0 Å². The Morgan fingerprint density at radius 1 is 1.44 bits per heavy atom. The number of rotatable bonds is 5. The van der Waals surface area contributed by atoms with Gasteiger partial charge in [-0.05, 0) is 30.5 Å². The Morgan fingerprint density at radius 2 is 2.12 bits per heavy atom. The standard InChI is InChI=1S/C12H18ClNOS/c1-9(2)4-3-7-16(15)10-5-6-12(14)11(13)8-10/h5-6,8-9H,3-4,7,14H2,1-2H3. The van der Waals surface area contributed by atoms with Crippen LogP contribution in [0.5, 0.6) is 0 Å². The minimum Gasteiger partial charge on any atom is -0.398 e. The average Bonchev–Trinajstić information content (AvgIpc) is 2.21. The van der Waals surface area contributed by atoms with Gasteiger partial charge in [0.05, 0.1) is 21.5 Å². The fourth-order valence-corrected chi connectivity index (χ4v) is 2.77. The Bertz CT molecular complexity index is 379. The topological polar surface area (TPSA) is 43.1 Å². The summed E-state index contributed by atoms with van der Waals surface area (Å²) in [6.45, 7) is 4.34. The van der Waals surface area contributed by atoms with Crippen LogP contribution >= 0.6 is 11.6 Å². The molecule has 90 valence electrons. The molecule has 1 aromatic carbocycles. The fourth-order valence-electron chi connectivity index (χ4n) is 1.39. The summed E-state index contributed by atoms with van der Waals surface area (Å²) in [5.41, 5.74) is 6.13. The van der Waals surface area contributed by atoms with Crippen LogP contribution in [-0.2, 0) is 10.8 Å². The molecule has 0 saturated heterocycles. The van der Waals surface area contributed by atoms with Crippen molar-refractivity contribution in [2.75, 3.05) is 11.5 Å². The van der Waals surface area contributed by atoms with E-state index in [2.05, 4.69) is 13.8 Å². The highest BCUT2D eigenvalue weighted by molar-refractivity contribution is 7.85. The van der Waals surface area contributed by atoms with Crippen LogP contribution in [0.1, 0.15) is 26.7 Å². The Balaban J connectivity index is 2.56. The van der Waals surface area contributed by atoms with Gasteiger partial charge in [0.1, 0.15) is 0 Å². The van der Waals surface area contributed by atoms with Crippen LogP contribution in [-0.4, -0.2) is 9.96 Å². The lowest BCUT2D eigenvalue weighted by atomic mass is 10.1. The molecule has 0 saturated carbocycles. The van der Waals surface area contributed by atoms with E-state index >= 15 is 0 Å². The van der Waals surface area contributed by atoms with Crippen molar-refractivity contribution in [1.82, 2.24) is 0 Å². The van der Waals surface area contributed by atoms with Gasteiger partial charge in [0, 0.05) is 10.6 Å². The van der Waals surface area contributed by atoms with Crippen LogP contribution in [0.4, 0.5) is 5.69 Å². The minimum atomic E-state index is -0.958. The van der Waals surface area contributed by atoms with Gasteiger partial charge in [0.15, 0.2) is 0 Å². The Labute approximate surface area is 105 Å². The van der Waals surface area contributed by atoms with Crippen LogP contribution in [0.2, 0.25) is 5.02 Å². The van der Waals surface area contributed by atoms with Gasteiger partial charge in [-0.25, -0.2) is 0 Å². The molecule has 0 spiro atoms. The summed E-state index contributed by atoms with van der Waals surface area (Å²) in [5, 5.41) is 0.481. The van der Waals surface area contributed by atoms with Crippen molar-refractivity contribution >= 4 is 28.1 Å². The zero-order valence-corrected chi connectivity index (χ0v) is 11.3. The Hall–Kier alpha value is -0.540.